The minimum Gasteiger partial charge on any atom is -0.468 e. The van der Waals surface area contributed by atoms with Gasteiger partial charge in [-0.05, 0) is 12.0 Å². The molecule has 0 bridgehead atoms. The van der Waals surface area contributed by atoms with Crippen LogP contribution < -0.4 is 0 Å². The normalized spacial score (nSPS) is 21.7. The van der Waals surface area contributed by atoms with Crippen molar-refractivity contribution in [2.24, 2.45) is 0 Å². The van der Waals surface area contributed by atoms with Crippen LogP contribution in [-0.4, -0.2) is 55.2 Å². The third kappa shape index (κ3) is 3.80. The van der Waals surface area contributed by atoms with Crippen molar-refractivity contribution < 1.29 is 19.2 Å². The van der Waals surface area contributed by atoms with Crippen molar-refractivity contribution in [3.05, 3.63) is 39.9 Å². The van der Waals surface area contributed by atoms with Crippen molar-refractivity contribution in [1.29, 1.82) is 0 Å². The number of nitro groups is 1. The van der Waals surface area contributed by atoms with Gasteiger partial charge in [0.05, 0.1) is 18.1 Å². The highest BCUT2D eigenvalue weighted by atomic mass is 16.6. The summed E-state index contributed by atoms with van der Waals surface area (Å²) in [5, 5.41) is 10.6. The van der Waals surface area contributed by atoms with Gasteiger partial charge in [0, 0.05) is 38.8 Å². The molecule has 0 spiro atoms. The smallest absolute Gasteiger partial charge is 0.323 e. The number of likely N-dealkylation sites (tertiary alicyclic amines) is 1. The van der Waals surface area contributed by atoms with Crippen LogP contribution in [0.15, 0.2) is 24.3 Å². The highest BCUT2D eigenvalue weighted by Gasteiger charge is 2.37. The van der Waals surface area contributed by atoms with Crippen LogP contribution in [0.2, 0.25) is 0 Å². The van der Waals surface area contributed by atoms with E-state index in [1.54, 1.807) is 19.2 Å². The Labute approximate surface area is 129 Å². The van der Waals surface area contributed by atoms with Gasteiger partial charge < -0.3 is 9.47 Å². The van der Waals surface area contributed by atoms with Crippen LogP contribution in [0.3, 0.4) is 0 Å². The highest BCUT2D eigenvalue weighted by molar-refractivity contribution is 5.76. The number of hydrogen-bond donors (Lipinski definition) is 0. The number of esters is 1. The Morgan fingerprint density at radius 1 is 1.36 bits per heavy atom. The molecule has 1 fully saturated rings. The van der Waals surface area contributed by atoms with Gasteiger partial charge in [0.15, 0.2) is 0 Å². The Kier molecular flexibility index (Phi) is 5.46. The zero-order valence-corrected chi connectivity index (χ0v) is 12.7. The van der Waals surface area contributed by atoms with E-state index >= 15 is 0 Å². The third-order valence-corrected chi connectivity index (χ3v) is 4.01. The molecular weight excluding hydrogens is 288 g/mol. The van der Waals surface area contributed by atoms with E-state index in [1.807, 2.05) is 4.90 Å². The number of carbonyl (C=O) groups excluding carboxylic acids is 1. The number of rotatable bonds is 6. The van der Waals surface area contributed by atoms with E-state index in [0.717, 1.165) is 5.56 Å². The molecule has 0 N–H and O–H groups in total. The van der Waals surface area contributed by atoms with Crippen molar-refractivity contribution in [3.63, 3.8) is 0 Å². The topological polar surface area (TPSA) is 81.9 Å². The molecule has 0 amide bonds. The first kappa shape index (κ1) is 16.4. The Hall–Kier alpha value is -1.99. The molecule has 0 aromatic heterocycles. The molecule has 120 valence electrons. The molecule has 2 rings (SSSR count). The molecule has 7 nitrogen and oxygen atoms in total. The van der Waals surface area contributed by atoms with Crippen LogP contribution in [0.5, 0.6) is 0 Å². The maximum absolute atomic E-state index is 11.8. The lowest BCUT2D eigenvalue weighted by molar-refractivity contribution is -0.384. The van der Waals surface area contributed by atoms with Crippen LogP contribution in [-0.2, 0) is 20.7 Å². The zero-order chi connectivity index (χ0) is 16.1. The van der Waals surface area contributed by atoms with E-state index in [2.05, 4.69) is 0 Å². The van der Waals surface area contributed by atoms with E-state index in [0.29, 0.717) is 25.9 Å². The first-order chi connectivity index (χ1) is 10.5. The maximum Gasteiger partial charge on any atom is 0.323 e. The second kappa shape index (κ2) is 7.33. The first-order valence-electron chi connectivity index (χ1n) is 7.13. The number of hydrogen-bond acceptors (Lipinski definition) is 6. The van der Waals surface area contributed by atoms with Crippen molar-refractivity contribution in [1.82, 2.24) is 4.90 Å². The van der Waals surface area contributed by atoms with Gasteiger partial charge in [-0.3, -0.25) is 19.8 Å². The lowest BCUT2D eigenvalue weighted by Crippen LogP contribution is -2.38. The van der Waals surface area contributed by atoms with Gasteiger partial charge in [-0.15, -0.1) is 0 Å². The Morgan fingerprint density at radius 3 is 2.59 bits per heavy atom. The van der Waals surface area contributed by atoms with Crippen LogP contribution in [0.4, 0.5) is 5.69 Å². The second-order valence-electron chi connectivity index (χ2n) is 5.30. The van der Waals surface area contributed by atoms with Crippen LogP contribution >= 0.6 is 0 Å². The number of non-ortho nitro benzene ring substituents is 1. The van der Waals surface area contributed by atoms with Crippen molar-refractivity contribution in [2.45, 2.75) is 25.0 Å². The lowest BCUT2D eigenvalue weighted by Gasteiger charge is -2.21. The predicted octanol–water partition coefficient (Wildman–Crippen LogP) is 1.40. The first-order valence-corrected chi connectivity index (χ1v) is 7.13. The van der Waals surface area contributed by atoms with Crippen LogP contribution in [0, 0.1) is 10.1 Å². The molecule has 0 aliphatic carbocycles. The van der Waals surface area contributed by atoms with Gasteiger partial charge in [-0.25, -0.2) is 0 Å². The van der Waals surface area contributed by atoms with Gasteiger partial charge in [-0.1, -0.05) is 12.1 Å². The van der Waals surface area contributed by atoms with E-state index < -0.39 is 4.92 Å². The number of nitrogens with zero attached hydrogens (tertiary/aromatic N) is 2. The zero-order valence-electron chi connectivity index (χ0n) is 12.7. The number of benzene rings is 1. The number of methoxy groups -OCH3 is 2. The average molecular weight is 308 g/mol. The predicted molar refractivity (Wildman–Crippen MR) is 79.6 cm³/mol. The Morgan fingerprint density at radius 2 is 2.05 bits per heavy atom. The molecule has 1 aromatic rings. The monoisotopic (exact) mass is 308 g/mol. The molecule has 1 heterocycles. The minimum atomic E-state index is -0.416. The van der Waals surface area contributed by atoms with Crippen molar-refractivity contribution in [2.75, 3.05) is 27.3 Å². The summed E-state index contributed by atoms with van der Waals surface area (Å²) in [6.45, 7) is 1.36. The van der Waals surface area contributed by atoms with Gasteiger partial charge in [0.1, 0.15) is 6.04 Å². The molecule has 1 aliphatic heterocycles. The summed E-state index contributed by atoms with van der Waals surface area (Å²) in [6, 6.07) is 6.20. The molecule has 0 radical (unpaired) electrons. The van der Waals surface area contributed by atoms with Gasteiger partial charge in [-0.2, -0.15) is 0 Å². The summed E-state index contributed by atoms with van der Waals surface area (Å²) >= 11 is 0. The largest absolute Gasteiger partial charge is 0.468 e. The Bertz CT molecular complexity index is 531. The molecule has 0 saturated carbocycles. The quantitative estimate of drug-likeness (QED) is 0.449. The van der Waals surface area contributed by atoms with Crippen molar-refractivity contribution in [3.8, 4) is 0 Å². The SMILES string of the molecule is COC(=O)[C@H]1C[C@@H](OC)CN1CCc1ccc([N+](=O)[O-])cc1. The molecule has 2 atom stereocenters. The molecule has 22 heavy (non-hydrogen) atoms. The van der Waals surface area contributed by atoms with E-state index in [9.17, 15) is 14.9 Å². The minimum absolute atomic E-state index is 0.0287. The van der Waals surface area contributed by atoms with Gasteiger partial charge in [0.25, 0.3) is 5.69 Å². The van der Waals surface area contributed by atoms with Crippen LogP contribution in [0.1, 0.15) is 12.0 Å². The second-order valence-corrected chi connectivity index (χ2v) is 5.30. The number of nitro benzene ring substituents is 1. The number of ether oxygens (including phenoxy) is 2. The summed E-state index contributed by atoms with van der Waals surface area (Å²) in [5.74, 6) is -0.247. The number of carbonyl (C=O) groups is 1. The van der Waals surface area contributed by atoms with Gasteiger partial charge in [0.2, 0.25) is 0 Å². The summed E-state index contributed by atoms with van der Waals surface area (Å²) in [7, 11) is 3.02. The highest BCUT2D eigenvalue weighted by Crippen LogP contribution is 2.22. The van der Waals surface area contributed by atoms with E-state index in [1.165, 1.54) is 19.2 Å². The molecule has 0 unspecified atom stereocenters. The Balaban J connectivity index is 1.96. The molecule has 1 aliphatic rings. The lowest BCUT2D eigenvalue weighted by atomic mass is 10.1. The summed E-state index contributed by atoms with van der Waals surface area (Å²) in [6.07, 6.45) is 1.37. The van der Waals surface area contributed by atoms with Crippen molar-refractivity contribution >= 4 is 11.7 Å². The fraction of sp³-hybridized carbons (Fsp3) is 0.533. The third-order valence-electron chi connectivity index (χ3n) is 4.01. The van der Waals surface area contributed by atoms with Crippen LogP contribution in [0.25, 0.3) is 0 Å². The van der Waals surface area contributed by atoms with E-state index in [-0.39, 0.29) is 23.8 Å². The molecule has 1 aromatic carbocycles. The molecule has 1 saturated heterocycles. The molecule has 7 heteroatoms. The molecular formula is C15H20N2O5. The summed E-state index contributed by atoms with van der Waals surface area (Å²) in [4.78, 5) is 24.1. The van der Waals surface area contributed by atoms with Gasteiger partial charge >= 0.3 is 5.97 Å². The fourth-order valence-electron chi connectivity index (χ4n) is 2.72. The van der Waals surface area contributed by atoms with E-state index in [4.69, 9.17) is 9.47 Å². The average Bonchev–Trinajstić information content (AvgIpc) is 2.96. The summed E-state index contributed by atoms with van der Waals surface area (Å²) < 4.78 is 10.2. The summed E-state index contributed by atoms with van der Waals surface area (Å²) in [5.41, 5.74) is 1.08. The standard InChI is InChI=1S/C15H20N2O5/c1-21-13-9-14(15(18)22-2)16(10-13)8-7-11-3-5-12(6-4-11)17(19)20/h3-6,13-14H,7-10H2,1-2H3/t13-,14-/m1/s1. The fourth-order valence-corrected chi connectivity index (χ4v) is 2.72. The maximum atomic E-state index is 11.8.